The first kappa shape index (κ1) is 18.4. The van der Waals surface area contributed by atoms with Crippen LogP contribution in [0.25, 0.3) is 0 Å². The quantitative estimate of drug-likeness (QED) is 0.675. The van der Waals surface area contributed by atoms with E-state index in [-0.39, 0.29) is 5.56 Å². The third kappa shape index (κ3) is 5.57. The second kappa shape index (κ2) is 7.56. The number of carbonyl (C=O) groups is 3. The molecular formula is C13H12F4N2O4. The second-order valence-corrected chi connectivity index (χ2v) is 4.37. The van der Waals surface area contributed by atoms with E-state index in [1.54, 1.807) is 0 Å². The summed E-state index contributed by atoms with van der Waals surface area (Å²) in [4.78, 5) is 33.5. The van der Waals surface area contributed by atoms with Crippen LogP contribution >= 0.6 is 0 Å². The predicted molar refractivity (Wildman–Crippen MR) is 69.3 cm³/mol. The fourth-order valence-corrected chi connectivity index (χ4v) is 1.48. The number of hydrogen-bond acceptors (Lipinski definition) is 3. The van der Waals surface area contributed by atoms with Crippen molar-refractivity contribution in [3.63, 3.8) is 0 Å². The zero-order valence-corrected chi connectivity index (χ0v) is 11.5. The summed E-state index contributed by atoms with van der Waals surface area (Å²) in [5, 5.41) is 12.4. The van der Waals surface area contributed by atoms with Gasteiger partial charge in [-0.3, -0.25) is 9.59 Å². The molecule has 0 radical (unpaired) electrons. The maximum Gasteiger partial charge on any atom is 0.416 e. The SMILES string of the molecule is O=C(CNC(=O)c1ccc(C(F)(F)F)cc1)NC(CF)C(=O)O. The normalized spacial score (nSPS) is 12.3. The van der Waals surface area contributed by atoms with E-state index in [1.807, 2.05) is 5.32 Å². The number of alkyl halides is 4. The molecule has 0 aliphatic rings. The van der Waals surface area contributed by atoms with Crippen LogP contribution in [0.2, 0.25) is 0 Å². The highest BCUT2D eigenvalue weighted by atomic mass is 19.4. The van der Waals surface area contributed by atoms with Crippen molar-refractivity contribution in [1.82, 2.24) is 10.6 Å². The average molecular weight is 336 g/mol. The van der Waals surface area contributed by atoms with Crippen molar-refractivity contribution in [2.24, 2.45) is 0 Å². The molecule has 10 heteroatoms. The van der Waals surface area contributed by atoms with E-state index in [0.717, 1.165) is 12.1 Å². The summed E-state index contributed by atoms with van der Waals surface area (Å²) in [7, 11) is 0. The number of carboxylic acids is 1. The smallest absolute Gasteiger partial charge is 0.416 e. The maximum atomic E-state index is 12.4. The number of carbonyl (C=O) groups excluding carboxylic acids is 2. The Labute approximate surface area is 127 Å². The van der Waals surface area contributed by atoms with Crippen LogP contribution in [0.1, 0.15) is 15.9 Å². The first-order valence-electron chi connectivity index (χ1n) is 6.18. The van der Waals surface area contributed by atoms with Gasteiger partial charge < -0.3 is 15.7 Å². The van der Waals surface area contributed by atoms with Crippen molar-refractivity contribution in [1.29, 1.82) is 0 Å². The van der Waals surface area contributed by atoms with E-state index in [4.69, 9.17) is 5.11 Å². The molecule has 126 valence electrons. The Kier molecular flexibility index (Phi) is 6.05. The molecule has 0 spiro atoms. The maximum absolute atomic E-state index is 12.4. The predicted octanol–water partition coefficient (Wildman–Crippen LogP) is 0.974. The first-order chi connectivity index (χ1) is 10.6. The minimum Gasteiger partial charge on any atom is -0.480 e. The molecule has 1 rings (SSSR count). The van der Waals surface area contributed by atoms with E-state index >= 15 is 0 Å². The molecule has 0 aliphatic heterocycles. The molecule has 1 aromatic carbocycles. The molecule has 1 aromatic rings. The van der Waals surface area contributed by atoms with Gasteiger partial charge in [-0.25, -0.2) is 9.18 Å². The van der Waals surface area contributed by atoms with Crippen molar-refractivity contribution in [3.05, 3.63) is 35.4 Å². The summed E-state index contributed by atoms with van der Waals surface area (Å²) in [6, 6.07) is 1.54. The summed E-state index contributed by atoms with van der Waals surface area (Å²) in [6.45, 7) is -1.97. The summed E-state index contributed by atoms with van der Waals surface area (Å²) in [5.74, 6) is -3.36. The molecular weight excluding hydrogens is 324 g/mol. The third-order valence-corrected chi connectivity index (χ3v) is 2.67. The van der Waals surface area contributed by atoms with Gasteiger partial charge in [-0.15, -0.1) is 0 Å². The molecule has 6 nitrogen and oxygen atoms in total. The van der Waals surface area contributed by atoms with Gasteiger partial charge in [-0.2, -0.15) is 13.2 Å². The van der Waals surface area contributed by atoms with Crippen molar-refractivity contribution >= 4 is 17.8 Å². The lowest BCUT2D eigenvalue weighted by Gasteiger charge is -2.11. The van der Waals surface area contributed by atoms with Crippen LogP contribution in [0.3, 0.4) is 0 Å². The molecule has 0 bridgehead atoms. The summed E-state index contributed by atoms with van der Waals surface area (Å²) in [5.41, 5.74) is -1.05. The topological polar surface area (TPSA) is 95.5 Å². The highest BCUT2D eigenvalue weighted by Gasteiger charge is 2.30. The van der Waals surface area contributed by atoms with Gasteiger partial charge in [-0.05, 0) is 24.3 Å². The Balaban J connectivity index is 2.57. The largest absolute Gasteiger partial charge is 0.480 e. The number of aliphatic carboxylic acids is 1. The number of rotatable bonds is 6. The molecule has 1 atom stereocenters. The highest BCUT2D eigenvalue weighted by molar-refractivity contribution is 5.96. The van der Waals surface area contributed by atoms with E-state index in [9.17, 15) is 31.9 Å². The zero-order valence-electron chi connectivity index (χ0n) is 11.5. The summed E-state index contributed by atoms with van der Waals surface area (Å²) in [6.07, 6.45) is -4.53. The van der Waals surface area contributed by atoms with Crippen LogP contribution in [0.5, 0.6) is 0 Å². The summed E-state index contributed by atoms with van der Waals surface area (Å²) < 4.78 is 49.4. The van der Waals surface area contributed by atoms with Gasteiger partial charge in [0.2, 0.25) is 5.91 Å². The minimum atomic E-state index is -4.53. The molecule has 1 unspecified atom stereocenters. The van der Waals surface area contributed by atoms with E-state index < -0.39 is 48.8 Å². The number of carboxylic acid groups (broad SMARTS) is 1. The zero-order chi connectivity index (χ0) is 17.6. The van der Waals surface area contributed by atoms with Crippen LogP contribution < -0.4 is 10.6 Å². The van der Waals surface area contributed by atoms with Crippen LogP contribution in [0.15, 0.2) is 24.3 Å². The monoisotopic (exact) mass is 336 g/mol. The molecule has 23 heavy (non-hydrogen) atoms. The van der Waals surface area contributed by atoms with Gasteiger partial charge in [0.1, 0.15) is 6.67 Å². The Hall–Kier alpha value is -2.65. The summed E-state index contributed by atoms with van der Waals surface area (Å²) >= 11 is 0. The van der Waals surface area contributed by atoms with E-state index in [1.165, 1.54) is 0 Å². The Bertz CT molecular complexity index is 587. The fourth-order valence-electron chi connectivity index (χ4n) is 1.48. The Morgan fingerprint density at radius 2 is 1.70 bits per heavy atom. The standard InChI is InChI=1S/C13H12F4N2O4/c14-5-9(12(22)23)19-10(20)6-18-11(21)7-1-3-8(4-2-7)13(15,16)17/h1-4,9H,5-6H2,(H,18,21)(H,19,20)(H,22,23). The van der Waals surface area contributed by atoms with Crippen molar-refractivity contribution in [2.75, 3.05) is 13.2 Å². The number of amides is 2. The number of nitrogens with one attached hydrogen (secondary N) is 2. The van der Waals surface area contributed by atoms with Crippen LogP contribution in [0.4, 0.5) is 17.6 Å². The molecule has 0 aliphatic carbocycles. The molecule has 0 heterocycles. The van der Waals surface area contributed by atoms with E-state index in [0.29, 0.717) is 12.1 Å². The molecule has 0 saturated carbocycles. The van der Waals surface area contributed by atoms with E-state index in [2.05, 4.69) is 5.32 Å². The number of halogens is 4. The molecule has 0 fully saturated rings. The number of hydrogen-bond donors (Lipinski definition) is 3. The van der Waals surface area contributed by atoms with Crippen molar-refractivity contribution in [2.45, 2.75) is 12.2 Å². The Morgan fingerprint density at radius 3 is 2.13 bits per heavy atom. The molecule has 3 N–H and O–H groups in total. The highest BCUT2D eigenvalue weighted by Crippen LogP contribution is 2.28. The second-order valence-electron chi connectivity index (χ2n) is 4.37. The third-order valence-electron chi connectivity index (χ3n) is 2.67. The average Bonchev–Trinajstić information content (AvgIpc) is 2.49. The van der Waals surface area contributed by atoms with Gasteiger partial charge in [0, 0.05) is 5.56 Å². The van der Waals surface area contributed by atoms with Gasteiger partial charge >= 0.3 is 12.1 Å². The number of benzene rings is 1. The Morgan fingerprint density at radius 1 is 1.13 bits per heavy atom. The molecule has 0 aromatic heterocycles. The van der Waals surface area contributed by atoms with Gasteiger partial charge in [0.15, 0.2) is 6.04 Å². The fraction of sp³-hybridized carbons (Fsp3) is 0.308. The van der Waals surface area contributed by atoms with Gasteiger partial charge in [-0.1, -0.05) is 0 Å². The van der Waals surface area contributed by atoms with Gasteiger partial charge in [0.25, 0.3) is 5.91 Å². The lowest BCUT2D eigenvalue weighted by atomic mass is 10.1. The first-order valence-corrected chi connectivity index (χ1v) is 6.18. The van der Waals surface area contributed by atoms with Crippen molar-refractivity contribution < 1.29 is 37.1 Å². The molecule has 0 saturated heterocycles. The lowest BCUT2D eigenvalue weighted by Crippen LogP contribution is -2.46. The van der Waals surface area contributed by atoms with Crippen LogP contribution in [0, 0.1) is 0 Å². The lowest BCUT2D eigenvalue weighted by molar-refractivity contribution is -0.142. The van der Waals surface area contributed by atoms with Crippen molar-refractivity contribution in [3.8, 4) is 0 Å². The van der Waals surface area contributed by atoms with Gasteiger partial charge in [0.05, 0.1) is 12.1 Å². The minimum absolute atomic E-state index is 0.119. The van der Waals surface area contributed by atoms with Crippen LogP contribution in [-0.4, -0.2) is 42.2 Å². The molecule has 2 amide bonds. The van der Waals surface area contributed by atoms with Crippen LogP contribution in [-0.2, 0) is 15.8 Å².